The Morgan fingerprint density at radius 3 is 2.86 bits per heavy atom. The first-order chi connectivity index (χ1) is 9.90. The third kappa shape index (κ3) is 3.74. The van der Waals surface area contributed by atoms with E-state index in [1.165, 1.54) is 0 Å². The first kappa shape index (κ1) is 15.3. The van der Waals surface area contributed by atoms with Gasteiger partial charge in [0, 0.05) is 38.6 Å². The number of urea groups is 1. The third-order valence-corrected chi connectivity index (χ3v) is 3.94. The standard InChI is InChI=1S/C14H22N4O3/c1-11(9-18-6-3-5-16-18)8-15-13(21)17-7-4-14(2,10-17)12(19)20/h3,5-6,11H,4,7-10H2,1-2H3,(H,15,21)(H,19,20). The van der Waals surface area contributed by atoms with E-state index in [0.717, 1.165) is 6.54 Å². The summed E-state index contributed by atoms with van der Waals surface area (Å²) in [7, 11) is 0. The fraction of sp³-hybridized carbons (Fsp3) is 0.643. The normalized spacial score (nSPS) is 23.0. The van der Waals surface area contributed by atoms with Gasteiger partial charge < -0.3 is 15.3 Å². The van der Waals surface area contributed by atoms with Crippen molar-refractivity contribution in [1.29, 1.82) is 0 Å². The number of nitrogens with zero attached hydrogens (tertiary/aromatic N) is 3. The van der Waals surface area contributed by atoms with E-state index < -0.39 is 11.4 Å². The van der Waals surface area contributed by atoms with Gasteiger partial charge in [-0.2, -0.15) is 5.10 Å². The van der Waals surface area contributed by atoms with Gasteiger partial charge in [-0.25, -0.2) is 4.79 Å². The number of amides is 2. The number of nitrogens with one attached hydrogen (secondary N) is 1. The first-order valence-corrected chi connectivity index (χ1v) is 7.14. The van der Waals surface area contributed by atoms with Crippen molar-refractivity contribution in [2.75, 3.05) is 19.6 Å². The van der Waals surface area contributed by atoms with Gasteiger partial charge in [-0.1, -0.05) is 6.92 Å². The molecule has 2 amide bonds. The molecule has 2 N–H and O–H groups in total. The van der Waals surface area contributed by atoms with E-state index in [0.29, 0.717) is 19.5 Å². The number of carbonyl (C=O) groups excluding carboxylic acids is 1. The molecule has 2 heterocycles. The molecule has 2 atom stereocenters. The lowest BCUT2D eigenvalue weighted by Gasteiger charge is -2.21. The predicted molar refractivity (Wildman–Crippen MR) is 76.7 cm³/mol. The fourth-order valence-electron chi connectivity index (χ4n) is 2.47. The molecule has 2 rings (SSSR count). The Labute approximate surface area is 123 Å². The second kappa shape index (κ2) is 6.15. The van der Waals surface area contributed by atoms with E-state index in [9.17, 15) is 9.59 Å². The zero-order chi connectivity index (χ0) is 15.5. The maximum atomic E-state index is 12.1. The Balaban J connectivity index is 1.76. The summed E-state index contributed by atoms with van der Waals surface area (Å²) in [5.74, 6) is -0.591. The van der Waals surface area contributed by atoms with E-state index in [4.69, 9.17) is 5.11 Å². The van der Waals surface area contributed by atoms with Crippen molar-refractivity contribution in [1.82, 2.24) is 20.0 Å². The number of aliphatic carboxylic acids is 1. The molecule has 1 fully saturated rings. The molecule has 0 saturated carbocycles. The van der Waals surface area contributed by atoms with Crippen molar-refractivity contribution in [3.63, 3.8) is 0 Å². The van der Waals surface area contributed by atoms with Crippen molar-refractivity contribution in [3.05, 3.63) is 18.5 Å². The lowest BCUT2D eigenvalue weighted by Crippen LogP contribution is -2.42. The van der Waals surface area contributed by atoms with E-state index in [1.807, 2.05) is 23.9 Å². The number of hydrogen-bond donors (Lipinski definition) is 2. The molecule has 0 spiro atoms. The summed E-state index contributed by atoms with van der Waals surface area (Å²) in [6.45, 7) is 5.75. The van der Waals surface area contributed by atoms with Gasteiger partial charge >= 0.3 is 12.0 Å². The molecule has 0 aliphatic carbocycles. The Hall–Kier alpha value is -2.05. The van der Waals surface area contributed by atoms with Crippen LogP contribution in [0.15, 0.2) is 18.5 Å². The highest BCUT2D eigenvalue weighted by Gasteiger charge is 2.42. The van der Waals surface area contributed by atoms with E-state index in [2.05, 4.69) is 10.4 Å². The summed E-state index contributed by atoms with van der Waals surface area (Å²) in [6.07, 6.45) is 4.11. The molecule has 0 bridgehead atoms. The van der Waals surface area contributed by atoms with Gasteiger partial charge in [-0.05, 0) is 25.3 Å². The molecule has 1 aliphatic rings. The minimum Gasteiger partial charge on any atom is -0.481 e. The smallest absolute Gasteiger partial charge is 0.317 e. The molecule has 7 nitrogen and oxygen atoms in total. The molecule has 1 aromatic heterocycles. The minimum absolute atomic E-state index is 0.188. The second-order valence-electron chi connectivity index (χ2n) is 6.06. The summed E-state index contributed by atoms with van der Waals surface area (Å²) >= 11 is 0. The van der Waals surface area contributed by atoms with Crippen LogP contribution in [0.5, 0.6) is 0 Å². The molecule has 116 valence electrons. The van der Waals surface area contributed by atoms with Gasteiger partial charge in [-0.15, -0.1) is 0 Å². The number of rotatable bonds is 5. The molecule has 1 aromatic rings. The number of carboxylic acids is 1. The Bertz CT molecular complexity index is 502. The van der Waals surface area contributed by atoms with Crippen molar-refractivity contribution in [2.24, 2.45) is 11.3 Å². The van der Waals surface area contributed by atoms with E-state index >= 15 is 0 Å². The van der Waals surface area contributed by atoms with Crippen LogP contribution in [0.3, 0.4) is 0 Å². The van der Waals surface area contributed by atoms with Crippen LogP contribution in [-0.2, 0) is 11.3 Å². The highest BCUT2D eigenvalue weighted by atomic mass is 16.4. The lowest BCUT2D eigenvalue weighted by molar-refractivity contribution is -0.146. The zero-order valence-corrected chi connectivity index (χ0v) is 12.5. The van der Waals surface area contributed by atoms with Gasteiger partial charge in [0.15, 0.2) is 0 Å². The molecule has 7 heteroatoms. The van der Waals surface area contributed by atoms with Crippen LogP contribution >= 0.6 is 0 Å². The molecule has 0 radical (unpaired) electrons. The monoisotopic (exact) mass is 294 g/mol. The van der Waals surface area contributed by atoms with Crippen molar-refractivity contribution in [3.8, 4) is 0 Å². The van der Waals surface area contributed by atoms with Gasteiger partial charge in [0.05, 0.1) is 5.41 Å². The first-order valence-electron chi connectivity index (χ1n) is 7.14. The van der Waals surface area contributed by atoms with Crippen molar-refractivity contribution in [2.45, 2.75) is 26.8 Å². The lowest BCUT2D eigenvalue weighted by atomic mass is 9.90. The van der Waals surface area contributed by atoms with Crippen LogP contribution in [0, 0.1) is 11.3 Å². The maximum absolute atomic E-state index is 12.1. The highest BCUT2D eigenvalue weighted by Crippen LogP contribution is 2.29. The van der Waals surface area contributed by atoms with Crippen molar-refractivity contribution >= 4 is 12.0 Å². The summed E-state index contributed by atoms with van der Waals surface area (Å²) in [5, 5.41) is 16.2. The summed E-state index contributed by atoms with van der Waals surface area (Å²) in [6, 6.07) is 1.68. The van der Waals surface area contributed by atoms with E-state index in [-0.39, 0.29) is 18.5 Å². The highest BCUT2D eigenvalue weighted by molar-refractivity contribution is 5.79. The quantitative estimate of drug-likeness (QED) is 0.849. The summed E-state index contributed by atoms with van der Waals surface area (Å²) in [5.41, 5.74) is -0.821. The molecule has 1 saturated heterocycles. The van der Waals surface area contributed by atoms with E-state index in [1.54, 1.807) is 18.0 Å². The third-order valence-electron chi connectivity index (χ3n) is 3.94. The molecule has 1 aliphatic heterocycles. The maximum Gasteiger partial charge on any atom is 0.317 e. The Morgan fingerprint density at radius 2 is 2.29 bits per heavy atom. The summed E-state index contributed by atoms with van der Waals surface area (Å²) < 4.78 is 1.83. The van der Waals surface area contributed by atoms with Crippen molar-refractivity contribution < 1.29 is 14.7 Å². The summed E-state index contributed by atoms with van der Waals surface area (Å²) in [4.78, 5) is 24.8. The van der Waals surface area contributed by atoms with Crippen LogP contribution in [0.25, 0.3) is 0 Å². The topological polar surface area (TPSA) is 87.5 Å². The molecule has 21 heavy (non-hydrogen) atoms. The fourth-order valence-corrected chi connectivity index (χ4v) is 2.47. The van der Waals surface area contributed by atoms with Gasteiger partial charge in [-0.3, -0.25) is 9.48 Å². The van der Waals surface area contributed by atoms with Gasteiger partial charge in [0.1, 0.15) is 0 Å². The number of carboxylic acid groups (broad SMARTS) is 1. The van der Waals surface area contributed by atoms with Crippen LogP contribution in [-0.4, -0.2) is 51.4 Å². The Morgan fingerprint density at radius 1 is 1.52 bits per heavy atom. The number of carbonyl (C=O) groups is 2. The van der Waals surface area contributed by atoms with Crippen LogP contribution in [0.4, 0.5) is 4.79 Å². The number of likely N-dealkylation sites (tertiary alicyclic amines) is 1. The van der Waals surface area contributed by atoms with Crippen LogP contribution < -0.4 is 5.32 Å². The largest absolute Gasteiger partial charge is 0.481 e. The van der Waals surface area contributed by atoms with Gasteiger partial charge in [0.25, 0.3) is 0 Å². The molecule has 2 unspecified atom stereocenters. The zero-order valence-electron chi connectivity index (χ0n) is 12.5. The van der Waals surface area contributed by atoms with Crippen LogP contribution in [0.2, 0.25) is 0 Å². The molecular formula is C14H22N4O3. The molecule has 0 aromatic carbocycles. The predicted octanol–water partition coefficient (Wildman–Crippen LogP) is 1.03. The SMILES string of the molecule is CC(CNC(=O)N1CCC(C)(C(=O)O)C1)Cn1cccn1. The minimum atomic E-state index is -0.843. The Kier molecular flexibility index (Phi) is 4.50. The average Bonchev–Trinajstić information content (AvgIpc) is 3.06. The average molecular weight is 294 g/mol. The van der Waals surface area contributed by atoms with Gasteiger partial charge in [0.2, 0.25) is 0 Å². The van der Waals surface area contributed by atoms with Crippen LogP contribution in [0.1, 0.15) is 20.3 Å². The second-order valence-corrected chi connectivity index (χ2v) is 6.06. The number of aromatic nitrogens is 2. The number of hydrogen-bond acceptors (Lipinski definition) is 3. The molecular weight excluding hydrogens is 272 g/mol.